The molecule has 1 aromatic rings. The van der Waals surface area contributed by atoms with E-state index in [-0.39, 0.29) is 5.56 Å². The van der Waals surface area contributed by atoms with Crippen LogP contribution in [0.3, 0.4) is 0 Å². The zero-order valence-electron chi connectivity index (χ0n) is 8.90. The number of hydrogen-bond donors (Lipinski definition) is 0. The Bertz CT molecular complexity index is 442. The first-order valence-corrected chi connectivity index (χ1v) is 5.35. The molecule has 0 N–H and O–H groups in total. The van der Waals surface area contributed by atoms with Crippen LogP contribution in [0.1, 0.15) is 23.1 Å². The average molecular weight is 287 g/mol. The minimum atomic E-state index is -4.78. The number of hydrogen-bond acceptors (Lipinski definition) is 1. The first-order valence-electron chi connectivity index (χ1n) is 4.81. The van der Waals surface area contributed by atoms with E-state index >= 15 is 0 Å². The molecule has 0 spiro atoms. The van der Waals surface area contributed by atoms with Gasteiger partial charge in [-0.25, -0.2) is 8.78 Å². The standard InChI is InChI=1S/C11H8ClF5O/c12-5-8(18)3-6-1-2-7(10(13)14)4-9(6)11(15,16)17/h1-2,4,10H,3,5H2. The molecule has 0 amide bonds. The van der Waals surface area contributed by atoms with Gasteiger partial charge in [-0.2, -0.15) is 13.2 Å². The van der Waals surface area contributed by atoms with Gasteiger partial charge in [0.05, 0.1) is 11.4 Å². The zero-order valence-corrected chi connectivity index (χ0v) is 9.66. The molecule has 1 nitrogen and oxygen atoms in total. The van der Waals surface area contributed by atoms with Gasteiger partial charge in [0.25, 0.3) is 6.43 Å². The molecule has 0 saturated heterocycles. The van der Waals surface area contributed by atoms with Crippen molar-refractivity contribution in [1.82, 2.24) is 0 Å². The second-order valence-electron chi connectivity index (χ2n) is 3.56. The lowest BCUT2D eigenvalue weighted by Crippen LogP contribution is -2.14. The van der Waals surface area contributed by atoms with Gasteiger partial charge < -0.3 is 0 Å². The number of benzene rings is 1. The Morgan fingerprint density at radius 3 is 2.33 bits per heavy atom. The highest BCUT2D eigenvalue weighted by molar-refractivity contribution is 6.27. The summed E-state index contributed by atoms with van der Waals surface area (Å²) in [5, 5.41) is 0. The average Bonchev–Trinajstić information content (AvgIpc) is 2.27. The number of carbonyl (C=O) groups is 1. The fraction of sp³-hybridized carbons (Fsp3) is 0.364. The van der Waals surface area contributed by atoms with Gasteiger partial charge >= 0.3 is 6.18 Å². The molecule has 7 heteroatoms. The molecule has 0 saturated carbocycles. The monoisotopic (exact) mass is 286 g/mol. The van der Waals surface area contributed by atoms with E-state index in [2.05, 4.69) is 0 Å². The van der Waals surface area contributed by atoms with Gasteiger partial charge in [-0.05, 0) is 11.6 Å². The van der Waals surface area contributed by atoms with E-state index in [1.54, 1.807) is 0 Å². The highest BCUT2D eigenvalue weighted by Crippen LogP contribution is 2.34. The molecule has 0 fully saturated rings. The van der Waals surface area contributed by atoms with Crippen molar-refractivity contribution in [3.05, 3.63) is 34.9 Å². The predicted molar refractivity (Wildman–Crippen MR) is 55.8 cm³/mol. The van der Waals surface area contributed by atoms with Crippen LogP contribution >= 0.6 is 11.6 Å². The van der Waals surface area contributed by atoms with E-state index in [1.807, 2.05) is 0 Å². The Hall–Kier alpha value is -1.17. The Balaban J connectivity index is 3.21. The number of ketones is 1. The van der Waals surface area contributed by atoms with Gasteiger partial charge in [0.15, 0.2) is 5.78 Å². The molecule has 1 aromatic carbocycles. The normalized spacial score (nSPS) is 11.9. The summed E-state index contributed by atoms with van der Waals surface area (Å²) in [5.74, 6) is -1.03. The third-order valence-electron chi connectivity index (χ3n) is 2.23. The largest absolute Gasteiger partial charge is 0.416 e. The molecular weight excluding hydrogens is 279 g/mol. The topological polar surface area (TPSA) is 17.1 Å². The van der Waals surface area contributed by atoms with Crippen molar-refractivity contribution in [1.29, 1.82) is 0 Å². The second-order valence-corrected chi connectivity index (χ2v) is 3.83. The summed E-state index contributed by atoms with van der Waals surface area (Å²) in [6, 6.07) is 2.12. The van der Waals surface area contributed by atoms with Gasteiger partial charge in [0, 0.05) is 12.0 Å². The van der Waals surface area contributed by atoms with Crippen molar-refractivity contribution in [2.75, 3.05) is 5.88 Å². The first kappa shape index (κ1) is 14.9. The van der Waals surface area contributed by atoms with E-state index in [4.69, 9.17) is 11.6 Å². The summed E-state index contributed by atoms with van der Waals surface area (Å²) in [5.41, 5.74) is -2.30. The minimum absolute atomic E-state index is 0.349. The summed E-state index contributed by atoms with van der Waals surface area (Å²) in [4.78, 5) is 11.0. The van der Waals surface area contributed by atoms with Crippen molar-refractivity contribution in [3.63, 3.8) is 0 Å². The van der Waals surface area contributed by atoms with Gasteiger partial charge in [0.2, 0.25) is 0 Å². The van der Waals surface area contributed by atoms with E-state index in [0.29, 0.717) is 6.07 Å². The fourth-order valence-corrected chi connectivity index (χ4v) is 1.50. The molecule has 0 aromatic heterocycles. The molecule has 0 heterocycles. The smallest absolute Gasteiger partial charge is 0.298 e. The van der Waals surface area contributed by atoms with Crippen LogP contribution in [0.2, 0.25) is 0 Å². The van der Waals surface area contributed by atoms with Crippen LogP contribution in [0.15, 0.2) is 18.2 Å². The maximum Gasteiger partial charge on any atom is 0.416 e. The van der Waals surface area contributed by atoms with Crippen molar-refractivity contribution >= 4 is 17.4 Å². The molecule has 0 aliphatic rings. The molecule has 0 atom stereocenters. The Kier molecular flexibility index (Phi) is 4.67. The van der Waals surface area contributed by atoms with Gasteiger partial charge in [-0.1, -0.05) is 12.1 Å². The van der Waals surface area contributed by atoms with Gasteiger partial charge in [-0.3, -0.25) is 4.79 Å². The summed E-state index contributed by atoms with van der Waals surface area (Å²) in [7, 11) is 0. The van der Waals surface area contributed by atoms with Crippen molar-refractivity contribution < 1.29 is 26.7 Å². The van der Waals surface area contributed by atoms with Crippen LogP contribution in [-0.4, -0.2) is 11.7 Å². The van der Waals surface area contributed by atoms with Gasteiger partial charge in [0.1, 0.15) is 0 Å². The maximum atomic E-state index is 12.7. The van der Waals surface area contributed by atoms with E-state index in [0.717, 1.165) is 12.1 Å². The summed E-state index contributed by atoms with van der Waals surface area (Å²) in [6.07, 6.45) is -8.31. The molecule has 0 aliphatic carbocycles. The summed E-state index contributed by atoms with van der Waals surface area (Å²) < 4.78 is 62.7. The van der Waals surface area contributed by atoms with E-state index in [9.17, 15) is 26.7 Å². The lowest BCUT2D eigenvalue weighted by atomic mass is 9.99. The SMILES string of the molecule is O=C(CCl)Cc1ccc(C(F)F)cc1C(F)(F)F. The molecule has 0 aliphatic heterocycles. The number of alkyl halides is 6. The third kappa shape index (κ3) is 3.66. The third-order valence-corrected chi connectivity index (χ3v) is 2.53. The van der Waals surface area contributed by atoms with Crippen LogP contribution in [-0.2, 0) is 17.4 Å². The highest BCUT2D eigenvalue weighted by atomic mass is 35.5. The van der Waals surface area contributed by atoms with Crippen LogP contribution in [0, 0.1) is 0 Å². The molecule has 0 bridgehead atoms. The molecule has 18 heavy (non-hydrogen) atoms. The Labute approximate surface area is 105 Å². The predicted octanol–water partition coefficient (Wildman–Crippen LogP) is 3.99. The number of halogens is 6. The van der Waals surface area contributed by atoms with Crippen molar-refractivity contribution in [3.8, 4) is 0 Å². The summed E-state index contributed by atoms with van der Waals surface area (Å²) >= 11 is 5.20. The maximum absolute atomic E-state index is 12.7. The van der Waals surface area contributed by atoms with Crippen LogP contribution in [0.4, 0.5) is 22.0 Å². The lowest BCUT2D eigenvalue weighted by molar-refractivity contribution is -0.138. The zero-order chi connectivity index (χ0) is 13.9. The highest BCUT2D eigenvalue weighted by Gasteiger charge is 2.34. The van der Waals surface area contributed by atoms with Gasteiger partial charge in [-0.15, -0.1) is 11.6 Å². The molecule has 100 valence electrons. The molecule has 0 radical (unpaired) electrons. The Morgan fingerprint density at radius 2 is 1.89 bits per heavy atom. The fourth-order valence-electron chi connectivity index (χ4n) is 1.41. The first-order chi connectivity index (χ1) is 8.25. The van der Waals surface area contributed by atoms with Crippen molar-refractivity contribution in [2.24, 2.45) is 0 Å². The minimum Gasteiger partial charge on any atom is -0.298 e. The van der Waals surface area contributed by atoms with Crippen LogP contribution < -0.4 is 0 Å². The number of Topliss-reactive ketones (excluding diaryl/α,β-unsaturated/α-hetero) is 1. The van der Waals surface area contributed by atoms with E-state index < -0.39 is 41.8 Å². The van der Waals surface area contributed by atoms with Crippen molar-refractivity contribution in [2.45, 2.75) is 19.0 Å². The molecular formula is C11H8ClF5O. The number of rotatable bonds is 4. The molecule has 1 rings (SSSR count). The second kappa shape index (κ2) is 5.65. The van der Waals surface area contributed by atoms with Crippen LogP contribution in [0.5, 0.6) is 0 Å². The number of carbonyl (C=O) groups excluding carboxylic acids is 1. The lowest BCUT2D eigenvalue weighted by Gasteiger charge is -2.13. The molecule has 0 unspecified atom stereocenters. The van der Waals surface area contributed by atoms with E-state index in [1.165, 1.54) is 0 Å². The summed E-state index contributed by atoms with van der Waals surface area (Å²) in [6.45, 7) is 0. The quantitative estimate of drug-likeness (QED) is 0.604. The van der Waals surface area contributed by atoms with Crippen LogP contribution in [0.25, 0.3) is 0 Å². The Morgan fingerprint density at radius 1 is 1.28 bits per heavy atom.